The van der Waals surface area contributed by atoms with Crippen LogP contribution in [0.3, 0.4) is 0 Å². The van der Waals surface area contributed by atoms with Gasteiger partial charge in [0.15, 0.2) is 5.76 Å². The van der Waals surface area contributed by atoms with E-state index >= 15 is 0 Å². The molecule has 27 heavy (non-hydrogen) atoms. The number of aliphatic hydroxyl groups is 1. The van der Waals surface area contributed by atoms with E-state index in [0.717, 1.165) is 10.0 Å². The number of amides is 1. The average molecular weight is 440 g/mol. The van der Waals surface area contributed by atoms with Crippen molar-refractivity contribution in [1.82, 2.24) is 0 Å². The molecule has 0 aliphatic carbocycles. The lowest BCUT2D eigenvalue weighted by Gasteiger charge is -2.27. The van der Waals surface area contributed by atoms with Gasteiger partial charge in [-0.05, 0) is 41.3 Å². The molecular weight excluding hydrogens is 426 g/mol. The maximum absolute atomic E-state index is 13.1. The van der Waals surface area contributed by atoms with Crippen LogP contribution in [0.2, 0.25) is 0 Å². The van der Waals surface area contributed by atoms with E-state index in [2.05, 4.69) is 15.9 Å². The maximum atomic E-state index is 13.1. The van der Waals surface area contributed by atoms with Crippen LogP contribution in [0, 0.1) is 0 Å². The summed E-state index contributed by atoms with van der Waals surface area (Å²) < 4.78 is 0.876. The summed E-state index contributed by atoms with van der Waals surface area (Å²) in [5, 5.41) is 12.4. The summed E-state index contributed by atoms with van der Waals surface area (Å²) in [6.07, 6.45) is 0. The number of anilines is 1. The van der Waals surface area contributed by atoms with E-state index in [-0.39, 0.29) is 11.4 Å². The first-order valence-electron chi connectivity index (χ1n) is 8.23. The predicted molar refractivity (Wildman–Crippen MR) is 109 cm³/mol. The van der Waals surface area contributed by atoms with Crippen LogP contribution in [0.5, 0.6) is 0 Å². The zero-order valence-corrected chi connectivity index (χ0v) is 16.4. The topological polar surface area (TPSA) is 57.6 Å². The average Bonchev–Trinajstić information content (AvgIpc) is 3.31. The van der Waals surface area contributed by atoms with Gasteiger partial charge in [0.05, 0.1) is 16.5 Å². The first kappa shape index (κ1) is 17.7. The van der Waals surface area contributed by atoms with E-state index in [9.17, 15) is 14.7 Å². The van der Waals surface area contributed by atoms with Gasteiger partial charge in [-0.25, -0.2) is 0 Å². The van der Waals surface area contributed by atoms with Crippen molar-refractivity contribution in [1.29, 1.82) is 0 Å². The minimum absolute atomic E-state index is 0.108. The number of benzene rings is 2. The van der Waals surface area contributed by atoms with Gasteiger partial charge in [0.25, 0.3) is 5.91 Å². The van der Waals surface area contributed by atoms with E-state index in [1.807, 2.05) is 42.5 Å². The smallest absolute Gasteiger partial charge is 0.294 e. The number of hydrogen-bond donors (Lipinski definition) is 1. The summed E-state index contributed by atoms with van der Waals surface area (Å²) >= 11 is 4.67. The first-order valence-corrected chi connectivity index (χ1v) is 9.90. The quantitative estimate of drug-likeness (QED) is 0.561. The molecule has 2 aromatic carbocycles. The largest absolute Gasteiger partial charge is 0.503 e. The molecule has 3 aromatic rings. The predicted octanol–water partition coefficient (Wildman–Crippen LogP) is 5.29. The molecule has 0 radical (unpaired) electrons. The molecule has 1 unspecified atom stereocenters. The molecule has 1 N–H and O–H groups in total. The Kier molecular flexibility index (Phi) is 4.68. The number of carbonyl (C=O) groups excluding carboxylic acids is 2. The normalized spacial score (nSPS) is 16.9. The number of rotatable bonds is 4. The second kappa shape index (κ2) is 7.13. The minimum Gasteiger partial charge on any atom is -0.503 e. The fourth-order valence-electron chi connectivity index (χ4n) is 3.20. The number of aliphatic hydroxyl groups excluding tert-OH is 1. The highest BCUT2D eigenvalue weighted by molar-refractivity contribution is 9.10. The van der Waals surface area contributed by atoms with Gasteiger partial charge in [0, 0.05) is 10.2 Å². The second-order valence-electron chi connectivity index (χ2n) is 6.03. The lowest BCUT2D eigenvalue weighted by molar-refractivity contribution is -0.117. The van der Waals surface area contributed by atoms with Gasteiger partial charge < -0.3 is 5.11 Å². The Morgan fingerprint density at radius 1 is 1.00 bits per heavy atom. The standard InChI is InChI=1S/C21H14BrNO3S/c22-14-8-10-15(11-9-14)23-18(13-5-2-1-3-6-13)17(20(25)21(23)26)19(24)16-7-4-12-27-16/h1-12,18,25H. The SMILES string of the molecule is O=C(C1=C(O)C(=O)N(c2ccc(Br)cc2)C1c1ccccc1)c1cccs1. The number of Topliss-reactive ketones (excluding diaryl/α,β-unsaturated/α-hetero) is 1. The highest BCUT2D eigenvalue weighted by Gasteiger charge is 2.44. The Morgan fingerprint density at radius 2 is 1.70 bits per heavy atom. The molecule has 0 spiro atoms. The second-order valence-corrected chi connectivity index (χ2v) is 7.90. The Hall–Kier alpha value is -2.70. The first-order chi connectivity index (χ1) is 13.1. The van der Waals surface area contributed by atoms with Crippen LogP contribution in [0.25, 0.3) is 0 Å². The van der Waals surface area contributed by atoms with Crippen LogP contribution >= 0.6 is 27.3 Å². The Bertz CT molecular complexity index is 1030. The van der Waals surface area contributed by atoms with Crippen molar-refractivity contribution in [3.8, 4) is 0 Å². The zero-order valence-electron chi connectivity index (χ0n) is 14.0. The number of thiophene rings is 1. The summed E-state index contributed by atoms with van der Waals surface area (Å²) in [7, 11) is 0. The van der Waals surface area contributed by atoms with Gasteiger partial charge in [-0.2, -0.15) is 0 Å². The van der Waals surface area contributed by atoms with Crippen LogP contribution in [0.1, 0.15) is 21.3 Å². The molecule has 0 bridgehead atoms. The third kappa shape index (κ3) is 3.11. The number of halogens is 1. The lowest BCUT2D eigenvalue weighted by Crippen LogP contribution is -2.30. The molecule has 0 saturated carbocycles. The Labute approximate surface area is 168 Å². The molecule has 4 nitrogen and oxygen atoms in total. The van der Waals surface area contributed by atoms with Crippen molar-refractivity contribution in [2.24, 2.45) is 0 Å². The molecule has 1 amide bonds. The zero-order chi connectivity index (χ0) is 19.0. The van der Waals surface area contributed by atoms with Crippen molar-refractivity contribution >= 4 is 44.6 Å². The van der Waals surface area contributed by atoms with Gasteiger partial charge in [-0.1, -0.05) is 52.3 Å². The molecule has 1 aliphatic heterocycles. The summed E-state index contributed by atoms with van der Waals surface area (Å²) in [4.78, 5) is 28.0. The van der Waals surface area contributed by atoms with Crippen molar-refractivity contribution < 1.29 is 14.7 Å². The molecule has 1 aromatic heterocycles. The molecule has 0 fully saturated rings. The third-order valence-corrected chi connectivity index (χ3v) is 5.82. The molecule has 1 atom stereocenters. The van der Waals surface area contributed by atoms with Crippen molar-refractivity contribution in [3.63, 3.8) is 0 Å². The molecular formula is C21H14BrNO3S. The molecule has 0 saturated heterocycles. The number of nitrogens with zero attached hydrogens (tertiary/aromatic N) is 1. The van der Waals surface area contributed by atoms with Gasteiger partial charge >= 0.3 is 0 Å². The minimum atomic E-state index is -0.686. The van der Waals surface area contributed by atoms with E-state index in [0.29, 0.717) is 10.6 Å². The van der Waals surface area contributed by atoms with Gasteiger partial charge in [0.2, 0.25) is 5.78 Å². The van der Waals surface area contributed by atoms with E-state index in [1.54, 1.807) is 29.6 Å². The van der Waals surface area contributed by atoms with Gasteiger partial charge in [-0.15, -0.1) is 11.3 Å². The highest BCUT2D eigenvalue weighted by Crippen LogP contribution is 2.42. The van der Waals surface area contributed by atoms with E-state index in [4.69, 9.17) is 0 Å². The molecule has 134 valence electrons. The van der Waals surface area contributed by atoms with E-state index < -0.39 is 17.7 Å². The third-order valence-electron chi connectivity index (χ3n) is 4.42. The Morgan fingerprint density at radius 3 is 2.33 bits per heavy atom. The molecule has 1 aliphatic rings. The summed E-state index contributed by atoms with van der Waals surface area (Å²) in [6, 6.07) is 19.3. The summed E-state index contributed by atoms with van der Waals surface area (Å²) in [6.45, 7) is 0. The number of carbonyl (C=O) groups is 2. The fraction of sp³-hybridized carbons (Fsp3) is 0.0476. The van der Waals surface area contributed by atoms with Crippen LogP contribution in [0.4, 0.5) is 5.69 Å². The summed E-state index contributed by atoms with van der Waals surface area (Å²) in [5.74, 6) is -1.40. The Balaban J connectivity index is 1.87. The van der Waals surface area contributed by atoms with E-state index in [1.165, 1.54) is 16.2 Å². The molecule has 6 heteroatoms. The maximum Gasteiger partial charge on any atom is 0.294 e. The number of ketones is 1. The van der Waals surface area contributed by atoms with Crippen LogP contribution in [-0.4, -0.2) is 16.8 Å². The van der Waals surface area contributed by atoms with Crippen LogP contribution < -0.4 is 4.90 Å². The van der Waals surface area contributed by atoms with Crippen LogP contribution in [0.15, 0.2) is 87.9 Å². The van der Waals surface area contributed by atoms with Gasteiger partial charge in [-0.3, -0.25) is 14.5 Å². The molecule has 2 heterocycles. The van der Waals surface area contributed by atoms with Crippen molar-refractivity contribution in [2.45, 2.75) is 6.04 Å². The lowest BCUT2D eigenvalue weighted by atomic mass is 9.95. The van der Waals surface area contributed by atoms with Crippen molar-refractivity contribution in [3.05, 3.63) is 98.4 Å². The summed E-state index contributed by atoms with van der Waals surface area (Å²) in [5.41, 5.74) is 1.48. The fourth-order valence-corrected chi connectivity index (χ4v) is 4.14. The monoisotopic (exact) mass is 439 g/mol. The van der Waals surface area contributed by atoms with Gasteiger partial charge in [0.1, 0.15) is 0 Å². The van der Waals surface area contributed by atoms with Crippen LogP contribution in [-0.2, 0) is 4.79 Å². The number of hydrogen-bond acceptors (Lipinski definition) is 4. The highest BCUT2D eigenvalue weighted by atomic mass is 79.9. The molecule has 4 rings (SSSR count). The van der Waals surface area contributed by atoms with Crippen molar-refractivity contribution in [2.75, 3.05) is 4.90 Å².